The fourth-order valence-electron chi connectivity index (χ4n) is 8.19. The molecule has 0 unspecified atom stereocenters. The molecule has 0 atom stereocenters. The third-order valence-corrected chi connectivity index (χ3v) is 14.9. The summed E-state index contributed by atoms with van der Waals surface area (Å²) in [5, 5.41) is 19.2. The third-order valence-electron chi connectivity index (χ3n) is 14.4. The number of pyridine rings is 3. The zero-order valence-corrected chi connectivity index (χ0v) is 48.3. The molecule has 2 aliphatic rings. The SMILES string of the molecule is C.CC1(C)OB(c2cccnc2N)OC1(C)C.CN(C)c1ccc(-c2cn3cccc(B(O)O)c3n2)cc1.CN(C)c1ccc(-c2cn3cccc(B4OC(C)(C)C(C)(C)O4)c3n2)cc1.CN(C)c1ccc(C(=O)CBr)cc1. The van der Waals surface area contributed by atoms with E-state index in [2.05, 4.69) is 89.0 Å². The lowest BCUT2D eigenvalue weighted by Gasteiger charge is -2.32. The second-order valence-electron chi connectivity index (χ2n) is 21.5. The minimum absolute atomic E-state index is 0. The van der Waals surface area contributed by atoms with Crippen molar-refractivity contribution in [2.75, 3.05) is 68.0 Å². The minimum Gasteiger partial charge on any atom is -0.423 e. The van der Waals surface area contributed by atoms with Crippen LogP contribution in [0.15, 0.2) is 140 Å². The van der Waals surface area contributed by atoms with Crippen molar-refractivity contribution in [3.05, 3.63) is 146 Å². The number of halogens is 1. The van der Waals surface area contributed by atoms with Crippen molar-refractivity contribution in [2.24, 2.45) is 0 Å². The summed E-state index contributed by atoms with van der Waals surface area (Å²) in [5.41, 5.74) is 15.9. The van der Waals surface area contributed by atoms with Gasteiger partial charge >= 0.3 is 21.4 Å². The van der Waals surface area contributed by atoms with Gasteiger partial charge in [0.05, 0.1) is 39.1 Å². The first-order valence-electron chi connectivity index (χ1n) is 25.4. The average Bonchev–Trinajstić information content (AvgIpc) is 4.22. The molecular weight excluding hydrogens is 1050 g/mol. The summed E-state index contributed by atoms with van der Waals surface area (Å²) in [6.07, 6.45) is 9.44. The van der Waals surface area contributed by atoms with E-state index in [-0.39, 0.29) is 35.6 Å². The number of benzene rings is 3. The number of rotatable bonds is 10. The largest absolute Gasteiger partial charge is 0.498 e. The van der Waals surface area contributed by atoms with Gasteiger partial charge in [0.1, 0.15) is 17.1 Å². The molecule has 4 N–H and O–H groups in total. The number of carbonyl (C=O) groups is 1. The van der Waals surface area contributed by atoms with Crippen LogP contribution in [0.25, 0.3) is 33.8 Å². The maximum atomic E-state index is 11.2. The molecule has 16 nitrogen and oxygen atoms in total. The van der Waals surface area contributed by atoms with Crippen molar-refractivity contribution in [2.45, 2.75) is 85.2 Å². The fraction of sp³-hybridized carbons (Fsp3) is 0.345. The van der Waals surface area contributed by atoms with Crippen molar-refractivity contribution in [3.8, 4) is 22.5 Å². The highest BCUT2D eigenvalue weighted by Gasteiger charge is 2.53. The van der Waals surface area contributed by atoms with Gasteiger partial charge in [0, 0.05) is 123 Å². The molecule has 5 aromatic heterocycles. The number of fused-ring (bicyclic) bond motifs is 2. The maximum absolute atomic E-state index is 11.2. The van der Waals surface area contributed by atoms with Gasteiger partial charge in [-0.2, -0.15) is 0 Å². The lowest BCUT2D eigenvalue weighted by Crippen LogP contribution is -2.41. The number of anilines is 4. The Balaban J connectivity index is 0.000000174. The van der Waals surface area contributed by atoms with Crippen molar-refractivity contribution in [1.82, 2.24) is 23.8 Å². The molecule has 0 aliphatic carbocycles. The summed E-state index contributed by atoms with van der Waals surface area (Å²) in [7, 11) is 9.63. The van der Waals surface area contributed by atoms with E-state index in [0.29, 0.717) is 22.3 Å². The molecule has 0 saturated carbocycles. The number of hydrogen-bond acceptors (Lipinski definition) is 14. The van der Waals surface area contributed by atoms with Crippen LogP contribution in [0.3, 0.4) is 0 Å². The number of alkyl halides is 1. The second-order valence-corrected chi connectivity index (χ2v) is 22.1. The number of nitrogen functional groups attached to an aromatic ring is 1. The van der Waals surface area contributed by atoms with Crippen LogP contribution in [0.5, 0.6) is 0 Å². The van der Waals surface area contributed by atoms with E-state index >= 15 is 0 Å². The molecule has 20 heteroatoms. The van der Waals surface area contributed by atoms with E-state index in [1.54, 1.807) is 22.7 Å². The Morgan fingerprint density at radius 1 is 0.590 bits per heavy atom. The molecule has 410 valence electrons. The maximum Gasteiger partial charge on any atom is 0.498 e. The van der Waals surface area contributed by atoms with Gasteiger partial charge in [-0.05, 0) is 122 Å². The second kappa shape index (κ2) is 24.7. The zero-order valence-electron chi connectivity index (χ0n) is 46.7. The molecule has 2 saturated heterocycles. The highest BCUT2D eigenvalue weighted by molar-refractivity contribution is 9.09. The summed E-state index contributed by atoms with van der Waals surface area (Å²) >= 11 is 3.14. The lowest BCUT2D eigenvalue weighted by molar-refractivity contribution is 0.00578. The molecule has 2 aliphatic heterocycles. The zero-order chi connectivity index (χ0) is 56.2. The number of nitrogens with two attached hydrogens (primary N) is 1. The number of ketones is 1. The number of hydrogen-bond donors (Lipinski definition) is 3. The van der Waals surface area contributed by atoms with Crippen LogP contribution in [0.4, 0.5) is 22.9 Å². The van der Waals surface area contributed by atoms with E-state index in [1.165, 1.54) is 5.69 Å². The Labute approximate surface area is 470 Å². The molecule has 2 fully saturated rings. The number of aromatic nitrogens is 5. The van der Waals surface area contributed by atoms with Crippen LogP contribution < -0.4 is 36.8 Å². The monoisotopic (exact) mass is 1120 g/mol. The van der Waals surface area contributed by atoms with Crippen LogP contribution in [0.2, 0.25) is 0 Å². The van der Waals surface area contributed by atoms with E-state index < -0.39 is 21.4 Å². The molecule has 78 heavy (non-hydrogen) atoms. The summed E-state index contributed by atoms with van der Waals surface area (Å²) in [4.78, 5) is 30.8. The van der Waals surface area contributed by atoms with Crippen LogP contribution in [-0.4, -0.2) is 131 Å². The summed E-state index contributed by atoms with van der Waals surface area (Å²) in [5.74, 6) is 0.575. The first kappa shape index (κ1) is 60.7. The van der Waals surface area contributed by atoms with Crippen molar-refractivity contribution < 1.29 is 33.5 Å². The predicted molar refractivity (Wildman–Crippen MR) is 325 cm³/mol. The molecule has 10 rings (SSSR count). The molecule has 7 heterocycles. The molecule has 3 aromatic carbocycles. The van der Waals surface area contributed by atoms with Gasteiger partial charge < -0.3 is 57.9 Å². The average molecular weight is 1120 g/mol. The number of Topliss-reactive ketones (excluding diaryl/α,β-unsaturated/α-hetero) is 1. The summed E-state index contributed by atoms with van der Waals surface area (Å²) in [6, 6.07) is 35.2. The molecule has 0 radical (unpaired) electrons. The highest BCUT2D eigenvalue weighted by Crippen LogP contribution is 2.38. The standard InChI is InChI=1S/C21H26BN3O2.C15H16BN3O2.C11H17BN2O2.C10H12BrNO.CH4/c1-20(2)21(3,4)27-22(26-20)17-8-7-13-25-14-18(23-19(17)25)15-9-11-16(12-10-15)24(5)6;1-18(2)12-7-5-11(6-8-12)14-10-19-9-3-4-13(16(20)21)15(19)17-14;1-10(2)11(3,4)16-12(15-10)8-6-5-7-14-9(8)13;1-12(2)9-5-3-8(4-6-9)10(13)7-11;/h7-14H,1-6H3;3-10,20-21H,1-2H3;5-7H,1-4H3,(H2,13,14);3-6H,7H2,1-2H3;1H4. The van der Waals surface area contributed by atoms with Crippen molar-refractivity contribution in [3.63, 3.8) is 0 Å². The normalized spacial score (nSPS) is 15.4. The van der Waals surface area contributed by atoms with Gasteiger partial charge in [0.2, 0.25) is 0 Å². The van der Waals surface area contributed by atoms with E-state index in [9.17, 15) is 14.8 Å². The van der Waals surface area contributed by atoms with Crippen molar-refractivity contribution >= 4 is 93.6 Å². The van der Waals surface area contributed by atoms with Crippen molar-refractivity contribution in [1.29, 1.82) is 0 Å². The molecular formula is C58H75B3BrN9O7. The highest BCUT2D eigenvalue weighted by atomic mass is 79.9. The Bertz CT molecular complexity index is 3240. The Kier molecular flexibility index (Phi) is 19.2. The minimum atomic E-state index is -1.53. The van der Waals surface area contributed by atoms with E-state index in [4.69, 9.17) is 29.3 Å². The van der Waals surface area contributed by atoms with Crippen LogP contribution >= 0.6 is 15.9 Å². The number of nitrogens with zero attached hydrogens (tertiary/aromatic N) is 8. The Hall–Kier alpha value is -6.51. The third kappa shape index (κ3) is 13.7. The van der Waals surface area contributed by atoms with Crippen LogP contribution in [0.1, 0.15) is 73.2 Å². The topological polar surface area (TPSA) is 178 Å². The number of carbonyl (C=O) groups excluding carboxylic acids is 1. The van der Waals surface area contributed by atoms with E-state index in [0.717, 1.165) is 56.0 Å². The van der Waals surface area contributed by atoms with Gasteiger partial charge in [-0.15, -0.1) is 0 Å². The van der Waals surface area contributed by atoms with Gasteiger partial charge in [0.25, 0.3) is 0 Å². The fourth-order valence-corrected chi connectivity index (χ4v) is 8.51. The van der Waals surface area contributed by atoms with Gasteiger partial charge in [0.15, 0.2) is 5.78 Å². The first-order valence-corrected chi connectivity index (χ1v) is 26.5. The lowest BCUT2D eigenvalue weighted by atomic mass is 9.79. The smallest absolute Gasteiger partial charge is 0.423 e. The van der Waals surface area contributed by atoms with Gasteiger partial charge in [-0.1, -0.05) is 65.8 Å². The van der Waals surface area contributed by atoms with Crippen LogP contribution in [0, 0.1) is 0 Å². The first-order chi connectivity index (χ1) is 36.2. The number of imidazole rings is 2. The molecule has 0 amide bonds. The van der Waals surface area contributed by atoms with Crippen LogP contribution in [-0.2, 0) is 18.6 Å². The molecule has 8 aromatic rings. The molecule has 0 bridgehead atoms. The van der Waals surface area contributed by atoms with Gasteiger partial charge in [-0.3, -0.25) is 4.79 Å². The van der Waals surface area contributed by atoms with E-state index in [1.807, 2.05) is 176 Å². The Morgan fingerprint density at radius 3 is 1.38 bits per heavy atom. The summed E-state index contributed by atoms with van der Waals surface area (Å²) in [6.45, 7) is 16.3. The Morgan fingerprint density at radius 2 is 0.974 bits per heavy atom. The molecule has 0 spiro atoms. The quantitative estimate of drug-likeness (QED) is 0.0681. The predicted octanol–water partition coefficient (Wildman–Crippen LogP) is 8.04. The van der Waals surface area contributed by atoms with Gasteiger partial charge in [-0.25, -0.2) is 15.0 Å². The summed E-state index contributed by atoms with van der Waals surface area (Å²) < 4.78 is 28.1.